The van der Waals surface area contributed by atoms with Gasteiger partial charge in [0.05, 0.1) is 25.4 Å². The number of alkyl carbamates (subject to hydrolysis) is 1. The van der Waals surface area contributed by atoms with Crippen LogP contribution in [0.15, 0.2) is 30.3 Å². The van der Waals surface area contributed by atoms with E-state index in [9.17, 15) is 9.90 Å². The quantitative estimate of drug-likeness (QED) is 0.707. The van der Waals surface area contributed by atoms with Crippen LogP contribution < -0.4 is 11.1 Å². The second kappa shape index (κ2) is 7.97. The van der Waals surface area contributed by atoms with Gasteiger partial charge in [0.15, 0.2) is 0 Å². The highest BCUT2D eigenvalue weighted by molar-refractivity contribution is 5.68. The van der Waals surface area contributed by atoms with Gasteiger partial charge in [0.25, 0.3) is 0 Å². The van der Waals surface area contributed by atoms with Crippen LogP contribution in [-0.4, -0.2) is 49.2 Å². The highest BCUT2D eigenvalue weighted by Crippen LogP contribution is 2.10. The number of hydrogen-bond donors (Lipinski definition) is 3. The molecule has 0 aliphatic carbocycles. The molecule has 1 amide bonds. The van der Waals surface area contributed by atoms with Crippen LogP contribution in [0.4, 0.5) is 4.79 Å². The lowest BCUT2D eigenvalue weighted by Gasteiger charge is -2.23. The number of aliphatic hydroxyl groups is 1. The summed E-state index contributed by atoms with van der Waals surface area (Å²) in [6.45, 7) is 1.11. The van der Waals surface area contributed by atoms with E-state index in [4.69, 9.17) is 15.2 Å². The average Bonchev–Trinajstić information content (AvgIpc) is 2.99. The topological polar surface area (TPSA) is 93.8 Å². The first-order valence-electron chi connectivity index (χ1n) is 7.16. The fourth-order valence-electron chi connectivity index (χ4n) is 2.26. The molecule has 1 aliphatic rings. The summed E-state index contributed by atoms with van der Waals surface area (Å²) in [6.07, 6.45) is -0.375. The number of nitrogens with one attached hydrogen (secondary N) is 1. The highest BCUT2D eigenvalue weighted by atomic mass is 16.6. The third kappa shape index (κ3) is 5.00. The van der Waals surface area contributed by atoms with Crippen LogP contribution in [0, 0.1) is 0 Å². The van der Waals surface area contributed by atoms with Crippen LogP contribution in [0.1, 0.15) is 12.0 Å². The Labute approximate surface area is 124 Å². The Hall–Kier alpha value is -1.63. The van der Waals surface area contributed by atoms with Crippen molar-refractivity contribution in [1.82, 2.24) is 5.32 Å². The molecule has 6 nitrogen and oxygen atoms in total. The molecule has 2 rings (SSSR count). The van der Waals surface area contributed by atoms with E-state index >= 15 is 0 Å². The first-order valence-corrected chi connectivity index (χ1v) is 7.16. The van der Waals surface area contributed by atoms with E-state index in [1.165, 1.54) is 0 Å². The van der Waals surface area contributed by atoms with Gasteiger partial charge in [0, 0.05) is 13.0 Å². The average molecular weight is 294 g/mol. The molecule has 1 fully saturated rings. The van der Waals surface area contributed by atoms with E-state index in [0.717, 1.165) is 5.56 Å². The molecule has 2 unspecified atom stereocenters. The van der Waals surface area contributed by atoms with E-state index in [-0.39, 0.29) is 12.6 Å². The largest absolute Gasteiger partial charge is 0.444 e. The maximum Gasteiger partial charge on any atom is 0.407 e. The third-order valence-corrected chi connectivity index (χ3v) is 3.47. The summed E-state index contributed by atoms with van der Waals surface area (Å²) in [7, 11) is 0. The fourth-order valence-corrected chi connectivity index (χ4v) is 2.26. The third-order valence-electron chi connectivity index (χ3n) is 3.47. The van der Waals surface area contributed by atoms with Crippen molar-refractivity contribution in [3.8, 4) is 0 Å². The number of carbonyl (C=O) groups is 1. The first-order chi connectivity index (χ1) is 10.2. The number of rotatable bonds is 6. The van der Waals surface area contributed by atoms with Gasteiger partial charge >= 0.3 is 6.09 Å². The molecule has 0 bridgehead atoms. The Morgan fingerprint density at radius 3 is 2.86 bits per heavy atom. The maximum atomic E-state index is 11.9. The van der Waals surface area contributed by atoms with Crippen LogP contribution in [0.25, 0.3) is 0 Å². The summed E-state index contributed by atoms with van der Waals surface area (Å²) in [4.78, 5) is 11.9. The van der Waals surface area contributed by atoms with Crippen molar-refractivity contribution < 1.29 is 19.4 Å². The number of amides is 1. The predicted octanol–water partition coefficient (Wildman–Crippen LogP) is 0.432. The van der Waals surface area contributed by atoms with Crippen LogP contribution in [0.2, 0.25) is 0 Å². The second-order valence-electron chi connectivity index (χ2n) is 5.13. The lowest BCUT2D eigenvalue weighted by Crippen LogP contribution is -2.48. The molecular weight excluding hydrogens is 272 g/mol. The minimum atomic E-state index is -0.822. The van der Waals surface area contributed by atoms with Gasteiger partial charge in [-0.2, -0.15) is 0 Å². The summed E-state index contributed by atoms with van der Waals surface area (Å²) in [5, 5.41) is 12.7. The molecule has 0 spiro atoms. The van der Waals surface area contributed by atoms with Crippen LogP contribution >= 0.6 is 0 Å². The zero-order valence-electron chi connectivity index (χ0n) is 11.9. The number of carbonyl (C=O) groups excluding carboxylic acids is 1. The smallest absolute Gasteiger partial charge is 0.407 e. The maximum absolute atomic E-state index is 11.9. The minimum Gasteiger partial charge on any atom is -0.444 e. The molecule has 6 heteroatoms. The lowest BCUT2D eigenvalue weighted by molar-refractivity contribution is 0.0704. The van der Waals surface area contributed by atoms with Gasteiger partial charge in [-0.1, -0.05) is 30.3 Å². The van der Waals surface area contributed by atoms with E-state index in [0.29, 0.717) is 26.1 Å². The summed E-state index contributed by atoms with van der Waals surface area (Å²) in [6, 6.07) is 9.14. The molecule has 1 saturated heterocycles. The Morgan fingerprint density at radius 1 is 1.48 bits per heavy atom. The van der Waals surface area contributed by atoms with Gasteiger partial charge in [-0.15, -0.1) is 0 Å². The van der Waals surface area contributed by atoms with E-state index in [1.54, 1.807) is 0 Å². The van der Waals surface area contributed by atoms with Gasteiger partial charge in [0.1, 0.15) is 6.10 Å². The van der Waals surface area contributed by atoms with Crippen molar-refractivity contribution in [2.45, 2.75) is 31.1 Å². The minimum absolute atomic E-state index is 0.0737. The van der Waals surface area contributed by atoms with E-state index < -0.39 is 18.2 Å². The lowest BCUT2D eigenvalue weighted by atomic mass is 10.0. The summed E-state index contributed by atoms with van der Waals surface area (Å²) >= 11 is 0. The van der Waals surface area contributed by atoms with Crippen LogP contribution in [0.5, 0.6) is 0 Å². The number of ether oxygens (including phenoxy) is 2. The number of benzene rings is 1. The van der Waals surface area contributed by atoms with Crippen molar-refractivity contribution in [2.75, 3.05) is 19.8 Å². The molecule has 3 atom stereocenters. The Balaban J connectivity index is 1.90. The monoisotopic (exact) mass is 294 g/mol. The number of hydrogen-bond acceptors (Lipinski definition) is 5. The molecule has 21 heavy (non-hydrogen) atoms. The zero-order valence-corrected chi connectivity index (χ0v) is 11.9. The Morgan fingerprint density at radius 2 is 2.24 bits per heavy atom. The standard InChI is InChI=1S/C15H22N2O4/c16-9-14(18)13(8-11-4-2-1-3-5-11)17-15(19)21-12-6-7-20-10-12/h1-5,12-14,18H,6-10,16H2,(H,17,19)/t12?,13-,14?/m0/s1. The fraction of sp³-hybridized carbons (Fsp3) is 0.533. The second-order valence-corrected chi connectivity index (χ2v) is 5.13. The first kappa shape index (κ1) is 15.8. The normalized spacial score (nSPS) is 20.8. The van der Waals surface area contributed by atoms with Crippen molar-refractivity contribution in [1.29, 1.82) is 0 Å². The van der Waals surface area contributed by atoms with Crippen molar-refractivity contribution in [3.05, 3.63) is 35.9 Å². The summed E-state index contributed by atoms with van der Waals surface area (Å²) in [5.74, 6) is 0. The van der Waals surface area contributed by atoms with Crippen LogP contribution in [0.3, 0.4) is 0 Å². The van der Waals surface area contributed by atoms with Gasteiger partial charge in [-0.25, -0.2) is 4.79 Å². The molecule has 0 aromatic heterocycles. The van der Waals surface area contributed by atoms with E-state index in [1.807, 2.05) is 30.3 Å². The van der Waals surface area contributed by atoms with Crippen molar-refractivity contribution >= 4 is 6.09 Å². The molecule has 1 heterocycles. The Bertz CT molecular complexity index is 435. The van der Waals surface area contributed by atoms with Gasteiger partial charge in [-0.05, 0) is 12.0 Å². The van der Waals surface area contributed by atoms with Crippen molar-refractivity contribution in [3.63, 3.8) is 0 Å². The summed E-state index contributed by atoms with van der Waals surface area (Å²) < 4.78 is 10.4. The van der Waals surface area contributed by atoms with Crippen LogP contribution in [-0.2, 0) is 15.9 Å². The molecule has 0 radical (unpaired) electrons. The zero-order chi connectivity index (χ0) is 15.1. The molecule has 4 N–H and O–H groups in total. The molecule has 1 aromatic rings. The van der Waals surface area contributed by atoms with Gasteiger partial charge in [0.2, 0.25) is 0 Å². The highest BCUT2D eigenvalue weighted by Gasteiger charge is 2.24. The molecule has 116 valence electrons. The predicted molar refractivity (Wildman–Crippen MR) is 77.8 cm³/mol. The van der Waals surface area contributed by atoms with E-state index in [2.05, 4.69) is 5.32 Å². The van der Waals surface area contributed by atoms with Gasteiger partial charge in [-0.3, -0.25) is 0 Å². The molecule has 1 aliphatic heterocycles. The number of aliphatic hydroxyl groups excluding tert-OH is 1. The SMILES string of the molecule is NCC(O)[C@H](Cc1ccccc1)NC(=O)OC1CCOC1. The van der Waals surface area contributed by atoms with Gasteiger partial charge < -0.3 is 25.6 Å². The molecular formula is C15H22N2O4. The number of nitrogens with two attached hydrogens (primary N) is 1. The molecule has 0 saturated carbocycles. The Kier molecular flexibility index (Phi) is 5.98. The molecule has 1 aromatic carbocycles. The van der Waals surface area contributed by atoms with Crippen molar-refractivity contribution in [2.24, 2.45) is 5.73 Å². The summed E-state index contributed by atoms with van der Waals surface area (Å²) in [5.41, 5.74) is 6.52.